The summed E-state index contributed by atoms with van der Waals surface area (Å²) in [6.45, 7) is 4.48. The van der Waals surface area contributed by atoms with E-state index in [1.807, 2.05) is 30.7 Å². The normalized spacial score (nSPS) is 10.9. The predicted molar refractivity (Wildman–Crippen MR) is 105 cm³/mol. The molecule has 2 heterocycles. The van der Waals surface area contributed by atoms with Crippen molar-refractivity contribution < 1.29 is 4.79 Å². The van der Waals surface area contributed by atoms with Gasteiger partial charge in [-0.05, 0) is 30.2 Å². The Morgan fingerprint density at radius 1 is 1.07 bits per heavy atom. The molecule has 0 fully saturated rings. The molecule has 0 unspecified atom stereocenters. The van der Waals surface area contributed by atoms with Crippen molar-refractivity contribution in [1.82, 2.24) is 19.7 Å². The third-order valence-electron chi connectivity index (χ3n) is 4.62. The molecule has 0 spiro atoms. The molecule has 0 atom stereocenters. The number of carbonyl (C=O) groups excluding carboxylic acids is 1. The number of hydrogen-bond acceptors (Lipinski definition) is 4. The smallest absolute Gasteiger partial charge is 0.275 e. The number of nitrogens with one attached hydrogen (secondary N) is 1. The van der Waals surface area contributed by atoms with Crippen molar-refractivity contribution in [3.63, 3.8) is 0 Å². The molecular weight excluding hydrogens is 338 g/mol. The fourth-order valence-electron chi connectivity index (χ4n) is 3.22. The van der Waals surface area contributed by atoms with Gasteiger partial charge in [-0.15, -0.1) is 0 Å². The molecule has 27 heavy (non-hydrogen) atoms. The third kappa shape index (κ3) is 3.29. The average molecular weight is 357 g/mol. The summed E-state index contributed by atoms with van der Waals surface area (Å²) in [6, 6.07) is 14.6. The molecule has 2 aromatic heterocycles. The van der Waals surface area contributed by atoms with Crippen LogP contribution in [0.3, 0.4) is 0 Å². The summed E-state index contributed by atoms with van der Waals surface area (Å²) in [5.74, 6) is -0.293. The van der Waals surface area contributed by atoms with Gasteiger partial charge in [0.2, 0.25) is 0 Å². The van der Waals surface area contributed by atoms with Gasteiger partial charge in [-0.1, -0.05) is 42.5 Å². The second-order valence-electron chi connectivity index (χ2n) is 6.39. The van der Waals surface area contributed by atoms with E-state index in [2.05, 4.69) is 50.7 Å². The lowest BCUT2D eigenvalue weighted by molar-refractivity contribution is 0.102. The van der Waals surface area contributed by atoms with Crippen LogP contribution in [0.1, 0.15) is 27.4 Å². The Balaban J connectivity index is 1.64. The van der Waals surface area contributed by atoms with Gasteiger partial charge in [0.1, 0.15) is 5.69 Å². The first-order valence-corrected chi connectivity index (χ1v) is 8.71. The highest BCUT2D eigenvalue weighted by atomic mass is 16.1. The number of fused-ring (bicyclic) bond motifs is 1. The van der Waals surface area contributed by atoms with Gasteiger partial charge in [0.15, 0.2) is 0 Å². The maximum Gasteiger partial charge on any atom is 0.275 e. The lowest BCUT2D eigenvalue weighted by Crippen LogP contribution is -2.15. The average Bonchev–Trinajstić information content (AvgIpc) is 2.96. The first-order valence-electron chi connectivity index (χ1n) is 8.71. The summed E-state index contributed by atoms with van der Waals surface area (Å²) < 4.78 is 1.92. The summed E-state index contributed by atoms with van der Waals surface area (Å²) >= 11 is 0. The molecule has 0 aliphatic carbocycles. The number of anilines is 1. The van der Waals surface area contributed by atoms with Crippen LogP contribution in [0.15, 0.2) is 61.1 Å². The number of benzene rings is 2. The lowest BCUT2D eigenvalue weighted by Gasteiger charge is -2.09. The van der Waals surface area contributed by atoms with Crippen LogP contribution in [0, 0.1) is 13.8 Å². The van der Waals surface area contributed by atoms with E-state index in [9.17, 15) is 4.79 Å². The maximum atomic E-state index is 12.4. The van der Waals surface area contributed by atoms with Crippen LogP contribution in [0.4, 0.5) is 5.69 Å². The van der Waals surface area contributed by atoms with Gasteiger partial charge in [-0.3, -0.25) is 14.5 Å². The van der Waals surface area contributed by atoms with Crippen molar-refractivity contribution in [2.75, 3.05) is 5.32 Å². The van der Waals surface area contributed by atoms with Crippen molar-refractivity contribution in [2.45, 2.75) is 20.4 Å². The van der Waals surface area contributed by atoms with E-state index < -0.39 is 0 Å². The highest BCUT2D eigenvalue weighted by molar-refractivity contribution is 6.03. The molecular formula is C21H19N5O. The maximum absolute atomic E-state index is 12.4. The molecule has 0 bridgehead atoms. The van der Waals surface area contributed by atoms with Gasteiger partial charge in [-0.25, -0.2) is 4.98 Å². The fraction of sp³-hybridized carbons (Fsp3) is 0.143. The predicted octanol–water partition coefficient (Wildman–Crippen LogP) is 3.74. The van der Waals surface area contributed by atoms with Gasteiger partial charge < -0.3 is 5.32 Å². The van der Waals surface area contributed by atoms with Crippen LogP contribution in [-0.2, 0) is 6.54 Å². The first kappa shape index (κ1) is 16.9. The fourth-order valence-corrected chi connectivity index (χ4v) is 3.22. The molecule has 2 aromatic carbocycles. The van der Waals surface area contributed by atoms with Crippen molar-refractivity contribution in [2.24, 2.45) is 0 Å². The first-order chi connectivity index (χ1) is 13.1. The summed E-state index contributed by atoms with van der Waals surface area (Å²) in [4.78, 5) is 20.4. The summed E-state index contributed by atoms with van der Waals surface area (Å²) in [5.41, 5.74) is 3.84. The van der Waals surface area contributed by atoms with Crippen molar-refractivity contribution in [3.8, 4) is 0 Å². The zero-order chi connectivity index (χ0) is 18.8. The molecule has 0 aliphatic heterocycles. The van der Waals surface area contributed by atoms with Crippen LogP contribution in [0.2, 0.25) is 0 Å². The minimum atomic E-state index is -0.293. The van der Waals surface area contributed by atoms with Crippen LogP contribution in [-0.4, -0.2) is 25.7 Å². The highest BCUT2D eigenvalue weighted by Crippen LogP contribution is 2.24. The highest BCUT2D eigenvalue weighted by Gasteiger charge is 2.16. The largest absolute Gasteiger partial charge is 0.317 e. The zero-order valence-corrected chi connectivity index (χ0v) is 15.2. The Labute approximate surface area is 156 Å². The zero-order valence-electron chi connectivity index (χ0n) is 15.2. The van der Waals surface area contributed by atoms with Crippen molar-refractivity contribution in [3.05, 3.63) is 83.7 Å². The van der Waals surface area contributed by atoms with Crippen molar-refractivity contribution in [1.29, 1.82) is 0 Å². The van der Waals surface area contributed by atoms with Crippen LogP contribution < -0.4 is 5.32 Å². The number of aromatic nitrogens is 4. The van der Waals surface area contributed by atoms with Crippen LogP contribution in [0.5, 0.6) is 0 Å². The minimum absolute atomic E-state index is 0.276. The van der Waals surface area contributed by atoms with Crippen LogP contribution in [0.25, 0.3) is 10.8 Å². The molecule has 134 valence electrons. The molecule has 6 heteroatoms. The minimum Gasteiger partial charge on any atom is -0.317 e. The van der Waals surface area contributed by atoms with Gasteiger partial charge in [0, 0.05) is 12.4 Å². The number of aryl methyl sites for hydroxylation is 1. The Bertz CT molecular complexity index is 1110. The summed E-state index contributed by atoms with van der Waals surface area (Å²) in [7, 11) is 0. The van der Waals surface area contributed by atoms with Crippen molar-refractivity contribution >= 4 is 22.4 Å². The molecule has 4 rings (SSSR count). The molecule has 0 radical (unpaired) electrons. The number of hydrogen-bond donors (Lipinski definition) is 1. The number of carbonyl (C=O) groups is 1. The molecule has 4 aromatic rings. The monoisotopic (exact) mass is 357 g/mol. The molecule has 1 N–H and O–H groups in total. The van der Waals surface area contributed by atoms with E-state index in [4.69, 9.17) is 0 Å². The van der Waals surface area contributed by atoms with E-state index in [-0.39, 0.29) is 11.6 Å². The molecule has 0 saturated heterocycles. The summed E-state index contributed by atoms with van der Waals surface area (Å²) in [6.07, 6.45) is 4.48. The number of amides is 1. The Morgan fingerprint density at radius 2 is 1.89 bits per heavy atom. The van der Waals surface area contributed by atoms with Gasteiger partial charge in [0.25, 0.3) is 5.91 Å². The van der Waals surface area contributed by atoms with Crippen LogP contribution >= 0.6 is 0 Å². The topological polar surface area (TPSA) is 72.7 Å². The second-order valence-corrected chi connectivity index (χ2v) is 6.39. The van der Waals surface area contributed by atoms with Gasteiger partial charge in [0.05, 0.1) is 29.8 Å². The molecule has 0 saturated carbocycles. The number of rotatable bonds is 4. The molecule has 0 aliphatic rings. The van der Waals surface area contributed by atoms with Gasteiger partial charge >= 0.3 is 0 Å². The van der Waals surface area contributed by atoms with Gasteiger partial charge in [-0.2, -0.15) is 5.10 Å². The molecule has 1 amide bonds. The third-order valence-corrected chi connectivity index (χ3v) is 4.62. The Hall–Kier alpha value is -3.54. The standard InChI is InChI=1S/C21H19N5O/c1-14-20(24-21(27)19-12-22-10-11-23-19)15(2)26(25-14)13-17-8-5-7-16-6-3-4-9-18(16)17/h3-12H,13H2,1-2H3,(H,24,27). The van der Waals surface area contributed by atoms with E-state index in [0.717, 1.165) is 11.4 Å². The quantitative estimate of drug-likeness (QED) is 0.604. The SMILES string of the molecule is Cc1nn(Cc2cccc3ccccc23)c(C)c1NC(=O)c1cnccn1. The van der Waals surface area contributed by atoms with E-state index in [1.54, 1.807) is 0 Å². The Kier molecular flexibility index (Phi) is 4.38. The second kappa shape index (κ2) is 6.99. The summed E-state index contributed by atoms with van der Waals surface area (Å²) in [5, 5.41) is 9.95. The van der Waals surface area contributed by atoms with E-state index in [1.165, 1.54) is 34.9 Å². The van der Waals surface area contributed by atoms with E-state index >= 15 is 0 Å². The lowest BCUT2D eigenvalue weighted by atomic mass is 10.0. The number of nitrogens with zero attached hydrogens (tertiary/aromatic N) is 4. The van der Waals surface area contributed by atoms with E-state index in [0.29, 0.717) is 12.2 Å². The Morgan fingerprint density at radius 3 is 2.70 bits per heavy atom. The molecule has 6 nitrogen and oxygen atoms in total.